The van der Waals surface area contributed by atoms with Crippen molar-refractivity contribution in [3.63, 3.8) is 0 Å². The number of thioether (sulfide) groups is 1. The largest absolute Gasteiger partial charge is 0.455 e. The van der Waals surface area contributed by atoms with Gasteiger partial charge in [0.25, 0.3) is 5.91 Å². The fourth-order valence-corrected chi connectivity index (χ4v) is 3.96. The maximum atomic E-state index is 12.0. The summed E-state index contributed by atoms with van der Waals surface area (Å²) < 4.78 is 5.11. The Morgan fingerprint density at radius 3 is 2.68 bits per heavy atom. The molecular weight excluding hydrogens is 334 g/mol. The Labute approximate surface area is 155 Å². The number of amides is 1. The Morgan fingerprint density at radius 1 is 1.20 bits per heavy atom. The van der Waals surface area contributed by atoms with Gasteiger partial charge < -0.3 is 10.1 Å². The molecule has 0 radical (unpaired) electrons. The molecule has 2 rings (SSSR count). The molecule has 5 heteroatoms. The van der Waals surface area contributed by atoms with E-state index in [0.717, 1.165) is 17.7 Å². The fraction of sp³-hybridized carbons (Fsp3) is 0.600. The van der Waals surface area contributed by atoms with Gasteiger partial charge >= 0.3 is 5.97 Å². The van der Waals surface area contributed by atoms with Gasteiger partial charge in [-0.05, 0) is 55.4 Å². The van der Waals surface area contributed by atoms with Crippen molar-refractivity contribution in [3.8, 4) is 0 Å². The second-order valence-corrected chi connectivity index (χ2v) is 8.19. The summed E-state index contributed by atoms with van der Waals surface area (Å²) in [5.74, 6) is 0.746. The SMILES string of the molecule is Cc1ccc(SCC(=O)OCC(=O)N[C@H]2CCC[C@@H](C)[C@@H]2C)cc1C. The van der Waals surface area contributed by atoms with Crippen LogP contribution in [-0.2, 0) is 14.3 Å². The van der Waals surface area contributed by atoms with Crippen molar-refractivity contribution in [1.29, 1.82) is 0 Å². The van der Waals surface area contributed by atoms with Gasteiger partial charge in [0, 0.05) is 10.9 Å². The van der Waals surface area contributed by atoms with Crippen molar-refractivity contribution >= 4 is 23.6 Å². The van der Waals surface area contributed by atoms with Crippen LogP contribution >= 0.6 is 11.8 Å². The number of ether oxygens (including phenoxy) is 1. The van der Waals surface area contributed by atoms with Crippen molar-refractivity contribution in [3.05, 3.63) is 29.3 Å². The predicted octanol–water partition coefficient (Wildman–Crippen LogP) is 3.88. The zero-order valence-corrected chi connectivity index (χ0v) is 16.4. The van der Waals surface area contributed by atoms with E-state index in [1.165, 1.54) is 29.3 Å². The Morgan fingerprint density at radius 2 is 1.96 bits per heavy atom. The summed E-state index contributed by atoms with van der Waals surface area (Å²) in [7, 11) is 0. The molecule has 0 saturated heterocycles. The van der Waals surface area contributed by atoms with Crippen LogP contribution in [0, 0.1) is 25.7 Å². The Bertz CT molecular complexity index is 617. The van der Waals surface area contributed by atoms with Crippen molar-refractivity contribution in [1.82, 2.24) is 5.32 Å². The molecule has 1 aliphatic carbocycles. The molecule has 25 heavy (non-hydrogen) atoms. The maximum Gasteiger partial charge on any atom is 0.316 e. The topological polar surface area (TPSA) is 55.4 Å². The molecule has 1 aliphatic rings. The average Bonchev–Trinajstić information content (AvgIpc) is 2.58. The number of benzene rings is 1. The van der Waals surface area contributed by atoms with Gasteiger partial charge in [-0.15, -0.1) is 11.8 Å². The van der Waals surface area contributed by atoms with Gasteiger partial charge in [0.15, 0.2) is 6.61 Å². The minimum atomic E-state index is -0.358. The highest BCUT2D eigenvalue weighted by atomic mass is 32.2. The molecule has 1 aromatic rings. The number of rotatable bonds is 6. The normalized spacial score (nSPS) is 23.1. The first kappa shape index (κ1) is 19.8. The highest BCUT2D eigenvalue weighted by Crippen LogP contribution is 2.29. The fourth-order valence-electron chi connectivity index (χ4n) is 3.17. The number of esters is 1. The first-order valence-electron chi connectivity index (χ1n) is 9.02. The first-order chi connectivity index (χ1) is 11.9. The third kappa shape index (κ3) is 6.07. The number of nitrogens with one attached hydrogen (secondary N) is 1. The van der Waals surface area contributed by atoms with Gasteiger partial charge in [0.1, 0.15) is 0 Å². The van der Waals surface area contributed by atoms with Gasteiger partial charge in [-0.3, -0.25) is 9.59 Å². The van der Waals surface area contributed by atoms with E-state index in [4.69, 9.17) is 4.74 Å². The molecule has 1 fully saturated rings. The summed E-state index contributed by atoms with van der Waals surface area (Å²) >= 11 is 1.43. The van der Waals surface area contributed by atoms with E-state index >= 15 is 0 Å². The Kier molecular flexibility index (Phi) is 7.36. The van der Waals surface area contributed by atoms with E-state index in [1.807, 2.05) is 12.1 Å². The smallest absolute Gasteiger partial charge is 0.316 e. The van der Waals surface area contributed by atoms with Gasteiger partial charge in [-0.2, -0.15) is 0 Å². The standard InChI is InChI=1S/C20H29NO3S/c1-13-8-9-17(10-15(13)3)25-12-20(23)24-11-19(22)21-18-7-5-6-14(2)16(18)4/h8-10,14,16,18H,5-7,11-12H2,1-4H3,(H,21,22)/t14-,16+,18+/m1/s1. The molecule has 0 heterocycles. The van der Waals surface area contributed by atoms with Crippen LogP contribution in [0.4, 0.5) is 0 Å². The van der Waals surface area contributed by atoms with Gasteiger partial charge in [-0.1, -0.05) is 32.8 Å². The molecule has 1 N–H and O–H groups in total. The molecule has 0 aliphatic heterocycles. The molecule has 3 atom stereocenters. The second kappa shape index (κ2) is 9.27. The Balaban J connectivity index is 1.70. The zero-order valence-electron chi connectivity index (χ0n) is 15.6. The highest BCUT2D eigenvalue weighted by Gasteiger charge is 2.28. The molecule has 0 spiro atoms. The van der Waals surface area contributed by atoms with E-state index < -0.39 is 0 Å². The molecule has 1 saturated carbocycles. The van der Waals surface area contributed by atoms with Crippen LogP contribution < -0.4 is 5.32 Å². The van der Waals surface area contributed by atoms with E-state index in [2.05, 4.69) is 39.1 Å². The van der Waals surface area contributed by atoms with Crippen LogP contribution in [0.3, 0.4) is 0 Å². The van der Waals surface area contributed by atoms with E-state index in [9.17, 15) is 9.59 Å². The summed E-state index contributed by atoms with van der Waals surface area (Å²) in [5.41, 5.74) is 2.43. The molecular formula is C20H29NO3S. The van der Waals surface area contributed by atoms with Crippen LogP contribution in [0.5, 0.6) is 0 Å². The third-order valence-corrected chi connectivity index (χ3v) is 6.22. The van der Waals surface area contributed by atoms with Gasteiger partial charge in [0.2, 0.25) is 0 Å². The lowest BCUT2D eigenvalue weighted by molar-refractivity contribution is -0.146. The summed E-state index contributed by atoms with van der Waals surface area (Å²) in [6, 6.07) is 6.30. The minimum absolute atomic E-state index is 0.191. The molecule has 1 amide bonds. The zero-order chi connectivity index (χ0) is 18.4. The average molecular weight is 364 g/mol. The summed E-state index contributed by atoms with van der Waals surface area (Å²) in [5, 5.41) is 3.02. The van der Waals surface area contributed by atoms with E-state index in [0.29, 0.717) is 11.8 Å². The van der Waals surface area contributed by atoms with Crippen LogP contribution in [0.2, 0.25) is 0 Å². The lowest BCUT2D eigenvalue weighted by atomic mass is 9.78. The number of hydrogen-bond donors (Lipinski definition) is 1. The van der Waals surface area contributed by atoms with Gasteiger partial charge in [0.05, 0.1) is 5.75 Å². The molecule has 1 aromatic carbocycles. The van der Waals surface area contributed by atoms with E-state index in [-0.39, 0.29) is 30.3 Å². The highest BCUT2D eigenvalue weighted by molar-refractivity contribution is 8.00. The molecule has 138 valence electrons. The van der Waals surface area contributed by atoms with Crippen molar-refractivity contribution < 1.29 is 14.3 Å². The quantitative estimate of drug-likeness (QED) is 0.615. The second-order valence-electron chi connectivity index (χ2n) is 7.14. The molecule has 0 bridgehead atoms. The third-order valence-electron chi connectivity index (χ3n) is 5.25. The van der Waals surface area contributed by atoms with Crippen LogP contribution in [-0.4, -0.2) is 30.3 Å². The van der Waals surface area contributed by atoms with Crippen molar-refractivity contribution in [2.75, 3.05) is 12.4 Å². The lowest BCUT2D eigenvalue weighted by Gasteiger charge is -2.34. The molecule has 0 aromatic heterocycles. The number of aryl methyl sites for hydroxylation is 2. The van der Waals surface area contributed by atoms with Crippen LogP contribution in [0.1, 0.15) is 44.2 Å². The molecule has 4 nitrogen and oxygen atoms in total. The van der Waals surface area contributed by atoms with E-state index in [1.54, 1.807) is 0 Å². The lowest BCUT2D eigenvalue weighted by Crippen LogP contribution is -2.45. The van der Waals surface area contributed by atoms with Crippen LogP contribution in [0.15, 0.2) is 23.1 Å². The summed E-state index contributed by atoms with van der Waals surface area (Å²) in [6.07, 6.45) is 3.37. The summed E-state index contributed by atoms with van der Waals surface area (Å²) in [6.45, 7) is 8.33. The van der Waals surface area contributed by atoms with Crippen molar-refractivity contribution in [2.24, 2.45) is 11.8 Å². The number of carbonyl (C=O) groups excluding carboxylic acids is 2. The monoisotopic (exact) mass is 363 g/mol. The molecule has 0 unspecified atom stereocenters. The Hall–Kier alpha value is -1.49. The number of hydrogen-bond acceptors (Lipinski definition) is 4. The summed E-state index contributed by atoms with van der Waals surface area (Å²) in [4.78, 5) is 24.9. The van der Waals surface area contributed by atoms with Crippen LogP contribution in [0.25, 0.3) is 0 Å². The van der Waals surface area contributed by atoms with Crippen molar-refractivity contribution in [2.45, 2.75) is 57.9 Å². The van der Waals surface area contributed by atoms with Gasteiger partial charge in [-0.25, -0.2) is 0 Å². The number of carbonyl (C=O) groups is 2. The first-order valence-corrected chi connectivity index (χ1v) is 10.0. The maximum absolute atomic E-state index is 12.0. The minimum Gasteiger partial charge on any atom is -0.455 e. The predicted molar refractivity (Wildman–Crippen MR) is 102 cm³/mol.